The van der Waals surface area contributed by atoms with E-state index in [-0.39, 0.29) is 5.91 Å². The molecule has 0 bridgehead atoms. The predicted octanol–water partition coefficient (Wildman–Crippen LogP) is 2.35. The van der Waals surface area contributed by atoms with Crippen molar-refractivity contribution in [1.82, 2.24) is 4.90 Å². The summed E-state index contributed by atoms with van der Waals surface area (Å²) in [6.07, 6.45) is 0. The molecular weight excluding hydrogens is 274 g/mol. The number of para-hydroxylation sites is 1. The first-order chi connectivity index (χ1) is 10.6. The summed E-state index contributed by atoms with van der Waals surface area (Å²) in [5, 5.41) is 0. The minimum Gasteiger partial charge on any atom is -0.373 e. The van der Waals surface area contributed by atoms with Gasteiger partial charge >= 0.3 is 0 Å². The Morgan fingerprint density at radius 1 is 0.955 bits per heavy atom. The van der Waals surface area contributed by atoms with Gasteiger partial charge in [0.15, 0.2) is 0 Å². The summed E-state index contributed by atoms with van der Waals surface area (Å²) in [5.74, 6) is 0.0324. The molecule has 0 aliphatic carbocycles. The number of carbonyl (C=O) groups excluding carboxylic acids is 1. The third-order valence-corrected chi connectivity index (χ3v) is 3.75. The molecule has 22 heavy (non-hydrogen) atoms. The molecule has 4 nitrogen and oxygen atoms in total. The lowest BCUT2D eigenvalue weighted by Crippen LogP contribution is -2.34. The van der Waals surface area contributed by atoms with Gasteiger partial charge in [0.05, 0.1) is 0 Å². The van der Waals surface area contributed by atoms with Crippen molar-refractivity contribution < 1.29 is 4.79 Å². The van der Waals surface area contributed by atoms with Gasteiger partial charge in [0.1, 0.15) is 0 Å². The van der Waals surface area contributed by atoms with Gasteiger partial charge in [-0.15, -0.1) is 0 Å². The molecule has 0 radical (unpaired) electrons. The maximum absolute atomic E-state index is 12.4. The Morgan fingerprint density at radius 3 is 2.18 bits per heavy atom. The summed E-state index contributed by atoms with van der Waals surface area (Å²) in [6.45, 7) is 1.95. The third-order valence-electron chi connectivity index (χ3n) is 3.75. The van der Waals surface area contributed by atoms with E-state index < -0.39 is 0 Å². The lowest BCUT2D eigenvalue weighted by Gasteiger charge is -2.24. The van der Waals surface area contributed by atoms with E-state index >= 15 is 0 Å². The molecule has 0 unspecified atom stereocenters. The number of anilines is 1. The van der Waals surface area contributed by atoms with Crippen LogP contribution in [0.25, 0.3) is 0 Å². The molecule has 2 aromatic carbocycles. The minimum atomic E-state index is 0.0324. The smallest absolute Gasteiger partial charge is 0.253 e. The summed E-state index contributed by atoms with van der Waals surface area (Å²) in [6, 6.07) is 17.6. The standard InChI is InChI=1S/C18H23N3O/c1-20(17-6-4-3-5-7-17)12-13-21(2)18(22)16-10-8-15(14-19)9-11-16/h3-11H,12-14,19H2,1-2H3. The van der Waals surface area contributed by atoms with Gasteiger partial charge in [-0.25, -0.2) is 0 Å². The van der Waals surface area contributed by atoms with Gasteiger partial charge in [-0.3, -0.25) is 4.79 Å². The number of amides is 1. The Labute approximate surface area is 132 Å². The molecule has 0 atom stereocenters. The Bertz CT molecular complexity index is 595. The van der Waals surface area contributed by atoms with Crippen LogP contribution in [0.15, 0.2) is 54.6 Å². The molecule has 0 aliphatic rings. The number of benzene rings is 2. The van der Waals surface area contributed by atoms with Gasteiger partial charge in [0.2, 0.25) is 0 Å². The molecule has 2 aromatic rings. The van der Waals surface area contributed by atoms with Gasteiger partial charge in [0.25, 0.3) is 5.91 Å². The normalized spacial score (nSPS) is 10.3. The fraction of sp³-hybridized carbons (Fsp3) is 0.278. The van der Waals surface area contributed by atoms with Crippen LogP contribution in [0.5, 0.6) is 0 Å². The zero-order chi connectivity index (χ0) is 15.9. The van der Waals surface area contributed by atoms with E-state index in [0.29, 0.717) is 18.7 Å². The fourth-order valence-electron chi connectivity index (χ4n) is 2.22. The summed E-state index contributed by atoms with van der Waals surface area (Å²) < 4.78 is 0. The molecule has 0 spiro atoms. The summed E-state index contributed by atoms with van der Waals surface area (Å²) in [5.41, 5.74) is 8.45. The summed E-state index contributed by atoms with van der Waals surface area (Å²) in [7, 11) is 3.86. The predicted molar refractivity (Wildman–Crippen MR) is 91.0 cm³/mol. The van der Waals surface area contributed by atoms with Gasteiger partial charge in [-0.1, -0.05) is 30.3 Å². The second kappa shape index (κ2) is 7.61. The van der Waals surface area contributed by atoms with Crippen molar-refractivity contribution in [2.45, 2.75) is 6.54 Å². The molecule has 0 saturated carbocycles. The second-order valence-electron chi connectivity index (χ2n) is 5.38. The number of carbonyl (C=O) groups is 1. The van der Waals surface area contributed by atoms with E-state index in [1.54, 1.807) is 4.90 Å². The largest absolute Gasteiger partial charge is 0.373 e. The van der Waals surface area contributed by atoms with Crippen LogP contribution in [-0.4, -0.2) is 38.0 Å². The maximum Gasteiger partial charge on any atom is 0.253 e. The Balaban J connectivity index is 1.91. The number of nitrogens with zero attached hydrogens (tertiary/aromatic N) is 2. The fourth-order valence-corrected chi connectivity index (χ4v) is 2.22. The average Bonchev–Trinajstić information content (AvgIpc) is 2.59. The van der Waals surface area contributed by atoms with Crippen molar-refractivity contribution >= 4 is 11.6 Å². The number of nitrogens with two attached hydrogens (primary N) is 1. The van der Waals surface area contributed by atoms with Gasteiger partial charge in [-0.2, -0.15) is 0 Å². The van der Waals surface area contributed by atoms with Crippen LogP contribution in [0.3, 0.4) is 0 Å². The second-order valence-corrected chi connectivity index (χ2v) is 5.38. The summed E-state index contributed by atoms with van der Waals surface area (Å²) >= 11 is 0. The van der Waals surface area contributed by atoms with Crippen molar-refractivity contribution in [2.75, 3.05) is 32.1 Å². The SMILES string of the molecule is CN(CCN(C)c1ccccc1)C(=O)c1ccc(CN)cc1. The zero-order valence-electron chi connectivity index (χ0n) is 13.2. The van der Waals surface area contributed by atoms with Crippen molar-refractivity contribution in [3.05, 3.63) is 65.7 Å². The van der Waals surface area contributed by atoms with E-state index in [1.807, 2.05) is 56.6 Å². The third kappa shape index (κ3) is 4.09. The van der Waals surface area contributed by atoms with E-state index in [0.717, 1.165) is 17.8 Å². The number of rotatable bonds is 6. The first-order valence-corrected chi connectivity index (χ1v) is 7.42. The zero-order valence-corrected chi connectivity index (χ0v) is 13.2. The molecule has 0 saturated heterocycles. The number of likely N-dealkylation sites (N-methyl/N-ethyl adjacent to an activating group) is 2. The van der Waals surface area contributed by atoms with E-state index in [4.69, 9.17) is 5.73 Å². The van der Waals surface area contributed by atoms with Crippen LogP contribution in [0, 0.1) is 0 Å². The molecule has 0 fully saturated rings. The monoisotopic (exact) mass is 297 g/mol. The first-order valence-electron chi connectivity index (χ1n) is 7.42. The molecule has 1 amide bonds. The Hall–Kier alpha value is -2.33. The number of hydrogen-bond acceptors (Lipinski definition) is 3. The Morgan fingerprint density at radius 2 is 1.59 bits per heavy atom. The average molecular weight is 297 g/mol. The highest BCUT2D eigenvalue weighted by Crippen LogP contribution is 2.11. The first kappa shape index (κ1) is 16.0. The van der Waals surface area contributed by atoms with Gasteiger partial charge < -0.3 is 15.5 Å². The summed E-state index contributed by atoms with van der Waals surface area (Å²) in [4.78, 5) is 16.3. The van der Waals surface area contributed by atoms with E-state index in [1.165, 1.54) is 0 Å². The minimum absolute atomic E-state index is 0.0324. The van der Waals surface area contributed by atoms with E-state index in [9.17, 15) is 4.79 Å². The maximum atomic E-state index is 12.4. The van der Waals surface area contributed by atoms with Crippen molar-refractivity contribution in [2.24, 2.45) is 5.73 Å². The molecule has 2 N–H and O–H groups in total. The van der Waals surface area contributed by atoms with Gasteiger partial charge in [-0.05, 0) is 29.8 Å². The highest BCUT2D eigenvalue weighted by Gasteiger charge is 2.12. The Kier molecular flexibility index (Phi) is 5.55. The van der Waals surface area contributed by atoms with Crippen LogP contribution >= 0.6 is 0 Å². The lowest BCUT2D eigenvalue weighted by molar-refractivity contribution is 0.0799. The highest BCUT2D eigenvalue weighted by atomic mass is 16.2. The number of hydrogen-bond donors (Lipinski definition) is 1. The van der Waals surface area contributed by atoms with E-state index in [2.05, 4.69) is 17.0 Å². The van der Waals surface area contributed by atoms with Crippen molar-refractivity contribution in [3.8, 4) is 0 Å². The molecule has 0 aliphatic heterocycles. The molecule has 0 aromatic heterocycles. The van der Waals surface area contributed by atoms with Gasteiger partial charge in [0, 0.05) is 45.0 Å². The highest BCUT2D eigenvalue weighted by molar-refractivity contribution is 5.94. The van der Waals surface area contributed by atoms with Crippen molar-refractivity contribution in [3.63, 3.8) is 0 Å². The van der Waals surface area contributed by atoms with Crippen molar-refractivity contribution in [1.29, 1.82) is 0 Å². The lowest BCUT2D eigenvalue weighted by atomic mass is 10.1. The molecule has 116 valence electrons. The van der Waals surface area contributed by atoms with Crippen LogP contribution in [0.4, 0.5) is 5.69 Å². The quantitative estimate of drug-likeness (QED) is 0.890. The van der Waals surface area contributed by atoms with Crippen LogP contribution < -0.4 is 10.6 Å². The molecule has 4 heteroatoms. The molecule has 0 heterocycles. The molecule has 2 rings (SSSR count). The molecular formula is C18H23N3O. The van der Waals surface area contributed by atoms with Crippen LogP contribution in [0.1, 0.15) is 15.9 Å². The van der Waals surface area contributed by atoms with Crippen LogP contribution in [-0.2, 0) is 6.54 Å². The topological polar surface area (TPSA) is 49.6 Å². The van der Waals surface area contributed by atoms with Crippen LogP contribution in [0.2, 0.25) is 0 Å².